The zero-order valence-corrected chi connectivity index (χ0v) is 17.0. The van der Waals surface area contributed by atoms with Gasteiger partial charge in [-0.25, -0.2) is 4.79 Å². The number of carboxylic acid groups (broad SMARTS) is 1. The van der Waals surface area contributed by atoms with Crippen molar-refractivity contribution < 1.29 is 56.8 Å². The molecule has 2 heterocycles. The van der Waals surface area contributed by atoms with Gasteiger partial charge in [0.25, 0.3) is 0 Å². The summed E-state index contributed by atoms with van der Waals surface area (Å²) in [4.78, 5) is 44.0. The molecule has 1 aliphatic rings. The Bertz CT molecular complexity index is 910. The highest BCUT2D eigenvalue weighted by Gasteiger charge is 2.32. The minimum atomic E-state index is -4.37. The number of hydrogen-bond acceptors (Lipinski definition) is 11. The molecule has 1 aromatic heterocycles. The molecule has 14 heteroatoms. The topological polar surface area (TPSA) is 192 Å². The van der Waals surface area contributed by atoms with Crippen LogP contribution >= 0.6 is 7.60 Å². The van der Waals surface area contributed by atoms with E-state index in [1.54, 1.807) is 0 Å². The van der Waals surface area contributed by atoms with E-state index in [1.165, 1.54) is 13.8 Å². The molecule has 1 aromatic rings. The average molecular weight is 452 g/mol. The number of aliphatic hydroxyl groups is 1. The molecule has 0 saturated carbocycles. The van der Waals surface area contributed by atoms with E-state index in [0.29, 0.717) is 0 Å². The molecule has 30 heavy (non-hydrogen) atoms. The molecule has 3 N–H and O–H groups in total. The minimum Gasteiger partial charge on any atom is -0.481 e. The molecule has 13 nitrogen and oxygen atoms in total. The second-order valence-electron chi connectivity index (χ2n) is 6.28. The van der Waals surface area contributed by atoms with Crippen LogP contribution in [0.5, 0.6) is 0 Å². The second kappa shape index (κ2) is 9.94. The zero-order chi connectivity index (χ0) is 22.5. The van der Waals surface area contributed by atoms with Gasteiger partial charge in [-0.2, -0.15) is 0 Å². The molecule has 3 atom stereocenters. The lowest BCUT2D eigenvalue weighted by molar-refractivity contribution is -0.194. The Hall–Kier alpha value is -2.60. The van der Waals surface area contributed by atoms with Crippen LogP contribution in [0, 0.1) is 12.8 Å². The van der Waals surface area contributed by atoms with E-state index >= 15 is 0 Å². The number of aliphatic carboxylic acids is 1. The average Bonchev–Trinajstić information content (AvgIpc) is 3.14. The van der Waals surface area contributed by atoms with Gasteiger partial charge in [-0.15, -0.1) is 0 Å². The van der Waals surface area contributed by atoms with Gasteiger partial charge in [0, 0.05) is 6.42 Å². The zero-order valence-electron chi connectivity index (χ0n) is 16.1. The summed E-state index contributed by atoms with van der Waals surface area (Å²) in [6.07, 6.45) is -1.43. The number of aryl methyl sites for hydroxylation is 1. The first-order chi connectivity index (χ1) is 14.0. The minimum absolute atomic E-state index is 0.00609. The van der Waals surface area contributed by atoms with Crippen LogP contribution in [0.3, 0.4) is 0 Å². The maximum atomic E-state index is 12.2. The van der Waals surface area contributed by atoms with Crippen LogP contribution in [0.25, 0.3) is 0 Å². The highest BCUT2D eigenvalue weighted by atomic mass is 31.2. The van der Waals surface area contributed by atoms with Crippen molar-refractivity contribution in [3.63, 3.8) is 0 Å². The molecule has 168 valence electrons. The van der Waals surface area contributed by atoms with Crippen molar-refractivity contribution in [2.45, 2.75) is 39.8 Å². The molecule has 0 fully saturated rings. The molecule has 2 rings (SSSR count). The van der Waals surface area contributed by atoms with Gasteiger partial charge in [0.05, 0.1) is 12.1 Å². The van der Waals surface area contributed by atoms with Crippen LogP contribution in [-0.4, -0.2) is 46.3 Å². The molecule has 0 aromatic carbocycles. The highest BCUT2D eigenvalue weighted by molar-refractivity contribution is 7.52. The molecular weight excluding hydrogens is 431 g/mol. The van der Waals surface area contributed by atoms with E-state index in [2.05, 4.69) is 8.83 Å². The van der Waals surface area contributed by atoms with Gasteiger partial charge in [0.15, 0.2) is 23.9 Å². The normalized spacial score (nSPS) is 19.0. The van der Waals surface area contributed by atoms with E-state index in [1.807, 2.05) is 0 Å². The molecule has 0 aliphatic carbocycles. The van der Waals surface area contributed by atoms with Crippen LogP contribution in [0.1, 0.15) is 31.3 Å². The molecule has 0 bridgehead atoms. The lowest BCUT2D eigenvalue weighted by Gasteiger charge is -2.17. The number of rotatable bonds is 11. The van der Waals surface area contributed by atoms with Gasteiger partial charge in [-0.1, -0.05) is 0 Å². The molecule has 0 spiro atoms. The second-order valence-corrected chi connectivity index (χ2v) is 8.18. The first-order valence-corrected chi connectivity index (χ1v) is 10.4. The molecule has 0 amide bonds. The monoisotopic (exact) mass is 452 g/mol. The predicted octanol–water partition coefficient (Wildman–Crippen LogP) is 0.822. The van der Waals surface area contributed by atoms with Crippen molar-refractivity contribution in [1.29, 1.82) is 0 Å². The highest BCUT2D eigenvalue weighted by Crippen LogP contribution is 2.45. The van der Waals surface area contributed by atoms with Gasteiger partial charge in [-0.3, -0.25) is 14.2 Å². The lowest BCUT2D eigenvalue weighted by Crippen LogP contribution is -2.21. The van der Waals surface area contributed by atoms with Crippen molar-refractivity contribution in [2.24, 2.45) is 5.92 Å². The Morgan fingerprint density at radius 2 is 1.90 bits per heavy atom. The van der Waals surface area contributed by atoms with Crippen LogP contribution in [0.2, 0.25) is 0 Å². The fourth-order valence-electron chi connectivity index (χ4n) is 2.38. The summed E-state index contributed by atoms with van der Waals surface area (Å²) in [5.41, 5.74) is 0. The Morgan fingerprint density at radius 3 is 2.43 bits per heavy atom. The number of allylic oxidation sites excluding steroid dienone is 1. The number of esters is 1. The van der Waals surface area contributed by atoms with Crippen LogP contribution in [0.4, 0.5) is 0 Å². The van der Waals surface area contributed by atoms with Crippen LogP contribution in [-0.2, 0) is 39.5 Å². The van der Waals surface area contributed by atoms with Gasteiger partial charge in [0.1, 0.15) is 12.4 Å². The summed E-state index contributed by atoms with van der Waals surface area (Å²) in [5, 5.41) is 18.4. The summed E-state index contributed by atoms with van der Waals surface area (Å²) in [7, 11) is -4.37. The van der Waals surface area contributed by atoms with E-state index in [-0.39, 0.29) is 42.5 Å². The number of ether oxygens (including phenoxy) is 3. The third-order valence-corrected chi connectivity index (χ3v) is 5.44. The predicted molar refractivity (Wildman–Crippen MR) is 93.7 cm³/mol. The number of carboxylic acids is 1. The molecule has 0 radical (unpaired) electrons. The number of carbonyl (C=O) groups excluding carboxylic acids is 1. The van der Waals surface area contributed by atoms with E-state index in [9.17, 15) is 28.9 Å². The van der Waals surface area contributed by atoms with Gasteiger partial charge >= 0.3 is 31.8 Å². The molecule has 0 saturated heterocycles. The SMILES string of the molecule is CC1=C(COP(=O)(O)CC(CCC(=O)OCc2oc(=O)oc2C)C(=O)O)OC(O)O1. The van der Waals surface area contributed by atoms with E-state index < -0.39 is 50.5 Å². The van der Waals surface area contributed by atoms with E-state index in [0.717, 1.165) is 0 Å². The summed E-state index contributed by atoms with van der Waals surface area (Å²) in [6.45, 7) is 0.449. The number of aliphatic hydroxyl groups excluding tert-OH is 1. The maximum Gasteiger partial charge on any atom is 0.519 e. The van der Waals surface area contributed by atoms with Crippen molar-refractivity contribution >= 4 is 19.5 Å². The van der Waals surface area contributed by atoms with Crippen LogP contribution < -0.4 is 5.82 Å². The standard InChI is InChI=1S/C16H21O13P/c1-8-11(28-15(20)26-8)5-24-13(17)4-3-10(14(18)19)7-30(22,23)25-6-12-9(2)27-16(21)29-12/h10,16,21H,3-7H2,1-2H3,(H,18,19)(H,22,23). The van der Waals surface area contributed by atoms with Crippen molar-refractivity contribution in [3.05, 3.63) is 33.7 Å². The van der Waals surface area contributed by atoms with Gasteiger partial charge < -0.3 is 42.7 Å². The quantitative estimate of drug-likeness (QED) is 0.316. The Kier molecular flexibility index (Phi) is 7.84. The Morgan fingerprint density at radius 1 is 1.20 bits per heavy atom. The summed E-state index contributed by atoms with van der Waals surface area (Å²) in [5.74, 6) is -4.21. The van der Waals surface area contributed by atoms with Crippen LogP contribution in [0.15, 0.2) is 25.1 Å². The Labute approximate surface area is 169 Å². The van der Waals surface area contributed by atoms with Crippen molar-refractivity contribution in [1.82, 2.24) is 0 Å². The largest absolute Gasteiger partial charge is 0.519 e. The first kappa shape index (κ1) is 23.7. The fraction of sp³-hybridized carbons (Fsp3) is 0.562. The van der Waals surface area contributed by atoms with Gasteiger partial charge in [-0.05, 0) is 20.3 Å². The molecule has 3 unspecified atom stereocenters. The summed E-state index contributed by atoms with van der Waals surface area (Å²) >= 11 is 0. The third-order valence-electron chi connectivity index (χ3n) is 4.01. The van der Waals surface area contributed by atoms with Crippen molar-refractivity contribution in [2.75, 3.05) is 12.8 Å². The number of carbonyl (C=O) groups is 2. The van der Waals surface area contributed by atoms with Crippen molar-refractivity contribution in [3.8, 4) is 0 Å². The van der Waals surface area contributed by atoms with E-state index in [4.69, 9.17) is 23.8 Å². The first-order valence-electron chi connectivity index (χ1n) is 8.62. The summed E-state index contributed by atoms with van der Waals surface area (Å²) < 4.78 is 40.8. The summed E-state index contributed by atoms with van der Waals surface area (Å²) in [6, 6.07) is 0. The maximum absolute atomic E-state index is 12.2. The molecular formula is C16H21O13P. The molecule has 1 aliphatic heterocycles. The van der Waals surface area contributed by atoms with Gasteiger partial charge in [0.2, 0.25) is 0 Å². The fourth-order valence-corrected chi connectivity index (χ4v) is 3.70. The number of hydrogen-bond donors (Lipinski definition) is 3. The smallest absolute Gasteiger partial charge is 0.481 e. The lowest BCUT2D eigenvalue weighted by atomic mass is 10.1. The Balaban J connectivity index is 1.82. The third kappa shape index (κ3) is 7.02.